The van der Waals surface area contributed by atoms with Crippen LogP contribution in [-0.4, -0.2) is 47.7 Å². The van der Waals surface area contributed by atoms with Crippen LogP contribution in [0.4, 0.5) is 4.79 Å². The van der Waals surface area contributed by atoms with Crippen molar-refractivity contribution in [3.63, 3.8) is 0 Å². The lowest BCUT2D eigenvalue weighted by atomic mass is 9.88. The first-order valence-corrected chi connectivity index (χ1v) is 7.75. The molecule has 1 atom stereocenters. The van der Waals surface area contributed by atoms with Crippen LogP contribution in [-0.2, 0) is 9.53 Å². The SMILES string of the molecule is CC(C)(C)OC(=O)N1CCCC(NCC2CC2)(C(N)=O)C1. The van der Waals surface area contributed by atoms with Gasteiger partial charge in [-0.05, 0) is 58.9 Å². The fraction of sp³-hybridized carbons (Fsp3) is 0.867. The highest BCUT2D eigenvalue weighted by Crippen LogP contribution is 2.30. The van der Waals surface area contributed by atoms with Crippen LogP contribution in [0.15, 0.2) is 0 Å². The lowest BCUT2D eigenvalue weighted by molar-refractivity contribution is -0.126. The average molecular weight is 297 g/mol. The molecule has 0 radical (unpaired) electrons. The summed E-state index contributed by atoms with van der Waals surface area (Å²) >= 11 is 0. The molecule has 120 valence electrons. The van der Waals surface area contributed by atoms with Crippen molar-refractivity contribution in [1.82, 2.24) is 10.2 Å². The van der Waals surface area contributed by atoms with Crippen LogP contribution in [0.3, 0.4) is 0 Å². The average Bonchev–Trinajstić information content (AvgIpc) is 3.18. The van der Waals surface area contributed by atoms with E-state index in [1.54, 1.807) is 4.90 Å². The number of nitrogens with two attached hydrogens (primary N) is 1. The highest BCUT2D eigenvalue weighted by molar-refractivity contribution is 5.86. The molecule has 3 N–H and O–H groups in total. The Labute approximate surface area is 126 Å². The molecule has 2 aliphatic rings. The molecule has 0 aromatic heterocycles. The molecule has 1 saturated carbocycles. The quantitative estimate of drug-likeness (QED) is 0.817. The molecule has 2 amide bonds. The summed E-state index contributed by atoms with van der Waals surface area (Å²) in [7, 11) is 0. The van der Waals surface area contributed by atoms with Gasteiger partial charge in [0.1, 0.15) is 11.1 Å². The van der Waals surface area contributed by atoms with E-state index in [1.807, 2.05) is 20.8 Å². The zero-order valence-electron chi connectivity index (χ0n) is 13.3. The van der Waals surface area contributed by atoms with Crippen molar-refractivity contribution in [3.8, 4) is 0 Å². The highest BCUT2D eigenvalue weighted by atomic mass is 16.6. The van der Waals surface area contributed by atoms with Crippen LogP contribution in [0.5, 0.6) is 0 Å². The molecule has 0 aromatic rings. The minimum absolute atomic E-state index is 0.296. The van der Waals surface area contributed by atoms with E-state index in [9.17, 15) is 9.59 Å². The van der Waals surface area contributed by atoms with E-state index >= 15 is 0 Å². The number of rotatable bonds is 4. The van der Waals surface area contributed by atoms with Gasteiger partial charge in [0.25, 0.3) is 0 Å². The lowest BCUT2D eigenvalue weighted by Gasteiger charge is -2.41. The zero-order valence-corrected chi connectivity index (χ0v) is 13.3. The van der Waals surface area contributed by atoms with Gasteiger partial charge < -0.3 is 20.7 Å². The number of primary amides is 1. The number of likely N-dealkylation sites (tertiary alicyclic amines) is 1. The third-order valence-electron chi connectivity index (χ3n) is 4.04. The summed E-state index contributed by atoms with van der Waals surface area (Å²) in [6.07, 6.45) is 3.46. The number of carbonyl (C=O) groups is 2. The van der Waals surface area contributed by atoms with E-state index in [-0.39, 0.29) is 12.0 Å². The molecule has 0 aromatic carbocycles. The van der Waals surface area contributed by atoms with Gasteiger partial charge >= 0.3 is 6.09 Å². The minimum Gasteiger partial charge on any atom is -0.444 e. The first kappa shape index (κ1) is 16.1. The van der Waals surface area contributed by atoms with Crippen LogP contribution in [0.2, 0.25) is 0 Å². The van der Waals surface area contributed by atoms with Gasteiger partial charge in [0.2, 0.25) is 5.91 Å². The van der Waals surface area contributed by atoms with Gasteiger partial charge in [-0.3, -0.25) is 4.79 Å². The Bertz CT molecular complexity index is 415. The van der Waals surface area contributed by atoms with E-state index in [1.165, 1.54) is 12.8 Å². The Morgan fingerprint density at radius 2 is 2.05 bits per heavy atom. The predicted octanol–water partition coefficient (Wildman–Crippen LogP) is 1.24. The first-order chi connectivity index (χ1) is 9.72. The van der Waals surface area contributed by atoms with Crippen molar-refractivity contribution in [2.24, 2.45) is 11.7 Å². The van der Waals surface area contributed by atoms with Crippen LogP contribution < -0.4 is 11.1 Å². The Kier molecular flexibility index (Phi) is 4.46. The van der Waals surface area contributed by atoms with Crippen molar-refractivity contribution in [2.45, 2.75) is 57.6 Å². The Balaban J connectivity index is 2.01. The molecule has 1 saturated heterocycles. The lowest BCUT2D eigenvalue weighted by Crippen LogP contribution is -2.65. The normalized spacial score (nSPS) is 26.5. The van der Waals surface area contributed by atoms with Crippen molar-refractivity contribution < 1.29 is 14.3 Å². The van der Waals surface area contributed by atoms with Crippen molar-refractivity contribution in [3.05, 3.63) is 0 Å². The fourth-order valence-electron chi connectivity index (χ4n) is 2.63. The summed E-state index contributed by atoms with van der Waals surface area (Å²) < 4.78 is 5.40. The van der Waals surface area contributed by atoms with E-state index in [4.69, 9.17) is 10.5 Å². The van der Waals surface area contributed by atoms with Crippen molar-refractivity contribution >= 4 is 12.0 Å². The smallest absolute Gasteiger partial charge is 0.410 e. The van der Waals surface area contributed by atoms with Gasteiger partial charge in [-0.2, -0.15) is 0 Å². The number of amides is 2. The maximum Gasteiger partial charge on any atom is 0.410 e. The zero-order chi connectivity index (χ0) is 15.7. The van der Waals surface area contributed by atoms with Crippen LogP contribution in [0, 0.1) is 5.92 Å². The number of hydrogen-bond acceptors (Lipinski definition) is 4. The third-order valence-corrected chi connectivity index (χ3v) is 4.04. The fourth-order valence-corrected chi connectivity index (χ4v) is 2.63. The molecule has 6 heteroatoms. The molecule has 21 heavy (non-hydrogen) atoms. The van der Waals surface area contributed by atoms with Gasteiger partial charge in [0, 0.05) is 6.54 Å². The molecule has 1 unspecified atom stereocenters. The molecule has 0 bridgehead atoms. The van der Waals surface area contributed by atoms with Gasteiger partial charge in [0.05, 0.1) is 6.54 Å². The highest BCUT2D eigenvalue weighted by Gasteiger charge is 2.43. The summed E-state index contributed by atoms with van der Waals surface area (Å²) in [5.41, 5.74) is 4.27. The minimum atomic E-state index is -0.808. The van der Waals surface area contributed by atoms with Crippen LogP contribution in [0.1, 0.15) is 46.5 Å². The summed E-state index contributed by atoms with van der Waals surface area (Å²) in [4.78, 5) is 25.7. The maximum atomic E-state index is 12.2. The second-order valence-corrected chi connectivity index (χ2v) is 7.28. The Morgan fingerprint density at radius 3 is 2.57 bits per heavy atom. The van der Waals surface area contributed by atoms with Crippen LogP contribution in [0.25, 0.3) is 0 Å². The molecule has 1 aliphatic heterocycles. The topological polar surface area (TPSA) is 84.7 Å². The second kappa shape index (κ2) is 5.83. The third kappa shape index (κ3) is 4.33. The number of piperidine rings is 1. The van der Waals surface area contributed by atoms with Gasteiger partial charge in [-0.25, -0.2) is 4.79 Å². The predicted molar refractivity (Wildman–Crippen MR) is 79.7 cm³/mol. The first-order valence-electron chi connectivity index (χ1n) is 7.75. The van der Waals surface area contributed by atoms with Gasteiger partial charge in [-0.15, -0.1) is 0 Å². The summed E-state index contributed by atoms with van der Waals surface area (Å²) in [6.45, 7) is 7.20. The molecule has 1 aliphatic carbocycles. The van der Waals surface area contributed by atoms with E-state index < -0.39 is 11.1 Å². The van der Waals surface area contributed by atoms with Gasteiger partial charge in [-0.1, -0.05) is 0 Å². The second-order valence-electron chi connectivity index (χ2n) is 7.28. The number of ether oxygens (including phenoxy) is 1. The summed E-state index contributed by atoms with van der Waals surface area (Å²) in [5.74, 6) is 0.273. The summed E-state index contributed by atoms with van der Waals surface area (Å²) in [5, 5.41) is 3.32. The Hall–Kier alpha value is -1.30. The van der Waals surface area contributed by atoms with Crippen molar-refractivity contribution in [2.75, 3.05) is 19.6 Å². The number of nitrogens with one attached hydrogen (secondary N) is 1. The van der Waals surface area contributed by atoms with Crippen LogP contribution >= 0.6 is 0 Å². The molecule has 2 fully saturated rings. The molecule has 2 rings (SSSR count). The summed E-state index contributed by atoms with van der Waals surface area (Å²) in [6, 6.07) is 0. The number of carbonyl (C=O) groups excluding carboxylic acids is 2. The number of nitrogens with zero attached hydrogens (tertiary/aromatic N) is 1. The molecule has 6 nitrogen and oxygen atoms in total. The maximum absolute atomic E-state index is 12.2. The van der Waals surface area contributed by atoms with Crippen molar-refractivity contribution in [1.29, 1.82) is 0 Å². The molecular formula is C15H27N3O3. The standard InChI is InChI=1S/C15H27N3O3/c1-14(2,3)21-13(20)18-8-4-7-15(10-18,12(16)19)17-9-11-5-6-11/h11,17H,4-10H2,1-3H3,(H2,16,19). The van der Waals surface area contributed by atoms with E-state index in [0.717, 1.165) is 13.0 Å². The van der Waals surface area contributed by atoms with E-state index in [2.05, 4.69) is 5.32 Å². The molecule has 0 spiro atoms. The monoisotopic (exact) mass is 297 g/mol. The number of hydrogen-bond donors (Lipinski definition) is 2. The van der Waals surface area contributed by atoms with Gasteiger partial charge in [0.15, 0.2) is 0 Å². The largest absolute Gasteiger partial charge is 0.444 e. The molecular weight excluding hydrogens is 270 g/mol. The Morgan fingerprint density at radius 1 is 1.38 bits per heavy atom. The van der Waals surface area contributed by atoms with E-state index in [0.29, 0.717) is 25.4 Å². The molecule has 1 heterocycles.